The Hall–Kier alpha value is -1.70. The number of urea groups is 1. The van der Waals surface area contributed by atoms with Crippen LogP contribution in [0.15, 0.2) is 18.2 Å². The monoisotopic (exact) mass is 306 g/mol. The summed E-state index contributed by atoms with van der Waals surface area (Å²) in [5, 5.41) is 12.2. The van der Waals surface area contributed by atoms with Crippen molar-refractivity contribution in [1.82, 2.24) is 4.90 Å². The van der Waals surface area contributed by atoms with E-state index in [0.717, 1.165) is 25.9 Å². The average Bonchev–Trinajstić information content (AvgIpc) is 2.75. The average molecular weight is 307 g/mol. The van der Waals surface area contributed by atoms with Crippen molar-refractivity contribution < 1.29 is 9.90 Å². The maximum Gasteiger partial charge on any atom is 0.321 e. The van der Waals surface area contributed by atoms with Crippen LogP contribution in [0.5, 0.6) is 0 Å². The minimum atomic E-state index is -0.220. The van der Waals surface area contributed by atoms with Gasteiger partial charge in [0.05, 0.1) is 5.69 Å². The Morgan fingerprint density at radius 3 is 2.67 bits per heavy atom. The highest BCUT2D eigenvalue weighted by Crippen LogP contribution is 2.21. The third-order valence-corrected chi connectivity index (χ3v) is 3.65. The van der Waals surface area contributed by atoms with Crippen LogP contribution in [0.2, 0.25) is 5.02 Å². The summed E-state index contributed by atoms with van der Waals surface area (Å²) in [5.41, 5.74) is 1.23. The lowest BCUT2D eigenvalue weighted by atomic mass is 10.2. The second-order valence-electron chi connectivity index (χ2n) is 4.98. The first-order chi connectivity index (χ1) is 10.2. The fourth-order valence-electron chi connectivity index (χ4n) is 2.33. The maximum absolute atomic E-state index is 12.3. The van der Waals surface area contributed by atoms with E-state index in [1.165, 1.54) is 12.8 Å². The first-order valence-corrected chi connectivity index (χ1v) is 7.53. The van der Waals surface area contributed by atoms with Gasteiger partial charge in [-0.3, -0.25) is 0 Å². The highest BCUT2D eigenvalue weighted by Gasteiger charge is 2.16. The lowest BCUT2D eigenvalue weighted by molar-refractivity contribution is 0.214. The summed E-state index contributed by atoms with van der Waals surface area (Å²) >= 11 is 5.98. The van der Waals surface area contributed by atoms with Gasteiger partial charge in [-0.05, 0) is 31.0 Å². The SMILES string of the molecule is O=C(Nc1cc(Cl)ccc1C#CCO)N1CCCCCC1. The number of aliphatic hydroxyl groups excluding tert-OH is 1. The van der Waals surface area contributed by atoms with Crippen molar-refractivity contribution in [2.45, 2.75) is 25.7 Å². The van der Waals surface area contributed by atoms with Crippen molar-refractivity contribution in [3.63, 3.8) is 0 Å². The smallest absolute Gasteiger partial charge is 0.321 e. The molecule has 0 atom stereocenters. The molecule has 5 heteroatoms. The van der Waals surface area contributed by atoms with Gasteiger partial charge in [-0.25, -0.2) is 4.79 Å². The van der Waals surface area contributed by atoms with Gasteiger partial charge < -0.3 is 15.3 Å². The molecule has 0 radical (unpaired) electrons. The lowest BCUT2D eigenvalue weighted by Crippen LogP contribution is -2.35. The Bertz CT molecular complexity index is 555. The number of carbonyl (C=O) groups is 1. The third kappa shape index (κ3) is 4.66. The molecule has 2 N–H and O–H groups in total. The highest BCUT2D eigenvalue weighted by molar-refractivity contribution is 6.31. The van der Waals surface area contributed by atoms with Crippen LogP contribution in [-0.4, -0.2) is 35.7 Å². The van der Waals surface area contributed by atoms with E-state index in [1.807, 2.05) is 4.90 Å². The Balaban J connectivity index is 2.13. The zero-order chi connectivity index (χ0) is 15.1. The summed E-state index contributed by atoms with van der Waals surface area (Å²) < 4.78 is 0. The van der Waals surface area contributed by atoms with Crippen molar-refractivity contribution in [2.24, 2.45) is 0 Å². The van der Waals surface area contributed by atoms with Crippen LogP contribution in [0.25, 0.3) is 0 Å². The molecule has 0 aliphatic carbocycles. The molecule has 2 amide bonds. The molecule has 0 aromatic heterocycles. The standard InChI is InChI=1S/C16H19ClN2O2/c17-14-8-7-13(6-5-11-20)15(12-14)18-16(21)19-9-3-1-2-4-10-19/h7-8,12,20H,1-4,9-11H2,(H,18,21). The molecule has 1 heterocycles. The number of halogens is 1. The molecule has 1 aliphatic heterocycles. The van der Waals surface area contributed by atoms with Gasteiger partial charge >= 0.3 is 6.03 Å². The molecular formula is C16H19ClN2O2. The van der Waals surface area contributed by atoms with Gasteiger partial charge in [-0.2, -0.15) is 0 Å². The van der Waals surface area contributed by atoms with Crippen molar-refractivity contribution in [1.29, 1.82) is 0 Å². The van der Waals surface area contributed by atoms with Crippen molar-refractivity contribution >= 4 is 23.3 Å². The molecule has 112 valence electrons. The van der Waals surface area contributed by atoms with Gasteiger partial charge in [-0.1, -0.05) is 36.3 Å². The number of carbonyl (C=O) groups excluding carboxylic acids is 1. The normalized spacial score (nSPS) is 14.9. The van der Waals surface area contributed by atoms with Crippen LogP contribution in [0, 0.1) is 11.8 Å². The van der Waals surface area contributed by atoms with E-state index in [1.54, 1.807) is 18.2 Å². The predicted molar refractivity (Wildman–Crippen MR) is 84.5 cm³/mol. The molecule has 21 heavy (non-hydrogen) atoms. The number of rotatable bonds is 1. The Labute approximate surface area is 130 Å². The van der Waals surface area contributed by atoms with Crippen molar-refractivity contribution in [3.05, 3.63) is 28.8 Å². The van der Waals surface area contributed by atoms with E-state index in [-0.39, 0.29) is 12.6 Å². The van der Waals surface area contributed by atoms with Gasteiger partial charge in [0.15, 0.2) is 0 Å². The summed E-state index contributed by atoms with van der Waals surface area (Å²) in [7, 11) is 0. The molecule has 1 aliphatic rings. The topological polar surface area (TPSA) is 52.6 Å². The number of benzene rings is 1. The number of nitrogens with zero attached hydrogens (tertiary/aromatic N) is 1. The Morgan fingerprint density at radius 2 is 2.00 bits per heavy atom. The number of amides is 2. The molecule has 1 aromatic carbocycles. The molecule has 1 aromatic rings. The van der Waals surface area contributed by atoms with E-state index in [4.69, 9.17) is 16.7 Å². The van der Waals surface area contributed by atoms with Crippen LogP contribution < -0.4 is 5.32 Å². The zero-order valence-corrected chi connectivity index (χ0v) is 12.6. The summed E-state index contributed by atoms with van der Waals surface area (Å²) in [4.78, 5) is 14.2. The Kier molecular flexibility index (Phi) is 5.91. The molecular weight excluding hydrogens is 288 g/mol. The first-order valence-electron chi connectivity index (χ1n) is 7.16. The van der Waals surface area contributed by atoms with Crippen LogP contribution >= 0.6 is 11.6 Å². The third-order valence-electron chi connectivity index (χ3n) is 3.42. The second kappa shape index (κ2) is 7.92. The number of hydrogen-bond acceptors (Lipinski definition) is 2. The highest BCUT2D eigenvalue weighted by atomic mass is 35.5. The molecule has 0 unspecified atom stereocenters. The largest absolute Gasteiger partial charge is 0.384 e. The van der Waals surface area contributed by atoms with Gasteiger partial charge in [0.1, 0.15) is 6.61 Å². The van der Waals surface area contributed by atoms with E-state index >= 15 is 0 Å². The van der Waals surface area contributed by atoms with Gasteiger partial charge in [0.2, 0.25) is 0 Å². The van der Waals surface area contributed by atoms with Crippen molar-refractivity contribution in [3.8, 4) is 11.8 Å². The summed E-state index contributed by atoms with van der Waals surface area (Å²) in [6, 6.07) is 5.01. The quantitative estimate of drug-likeness (QED) is 0.783. The van der Waals surface area contributed by atoms with Gasteiger partial charge in [0.25, 0.3) is 0 Å². The fraction of sp³-hybridized carbons (Fsp3) is 0.438. The van der Waals surface area contributed by atoms with Crippen LogP contribution in [0.3, 0.4) is 0 Å². The first kappa shape index (κ1) is 15.7. The zero-order valence-electron chi connectivity index (χ0n) is 11.9. The maximum atomic E-state index is 12.3. The number of nitrogens with one attached hydrogen (secondary N) is 1. The molecule has 2 rings (SSSR count). The van der Waals surface area contributed by atoms with E-state index in [2.05, 4.69) is 17.2 Å². The minimum Gasteiger partial charge on any atom is -0.384 e. The fourth-order valence-corrected chi connectivity index (χ4v) is 2.50. The van der Waals surface area contributed by atoms with E-state index in [9.17, 15) is 4.79 Å². The number of hydrogen-bond donors (Lipinski definition) is 2. The van der Waals surface area contributed by atoms with Crippen LogP contribution in [0.4, 0.5) is 10.5 Å². The molecule has 1 fully saturated rings. The van der Waals surface area contributed by atoms with Crippen LogP contribution in [0.1, 0.15) is 31.2 Å². The molecule has 0 bridgehead atoms. The Morgan fingerprint density at radius 1 is 1.29 bits per heavy atom. The van der Waals surface area contributed by atoms with E-state index < -0.39 is 0 Å². The second-order valence-corrected chi connectivity index (χ2v) is 5.42. The van der Waals surface area contributed by atoms with Crippen LogP contribution in [-0.2, 0) is 0 Å². The summed E-state index contributed by atoms with van der Waals surface area (Å²) in [5.74, 6) is 5.40. The number of likely N-dealkylation sites (tertiary alicyclic amines) is 1. The predicted octanol–water partition coefficient (Wildman–Crippen LogP) is 3.09. The summed E-state index contributed by atoms with van der Waals surface area (Å²) in [6.07, 6.45) is 4.43. The molecule has 0 saturated carbocycles. The van der Waals surface area contributed by atoms with Gasteiger partial charge in [0, 0.05) is 23.7 Å². The summed E-state index contributed by atoms with van der Waals surface area (Å²) in [6.45, 7) is 1.34. The number of aliphatic hydroxyl groups is 1. The molecule has 0 spiro atoms. The minimum absolute atomic E-state index is 0.119. The number of anilines is 1. The molecule has 1 saturated heterocycles. The van der Waals surface area contributed by atoms with E-state index in [0.29, 0.717) is 16.3 Å². The molecule has 4 nitrogen and oxygen atoms in total. The van der Waals surface area contributed by atoms with Gasteiger partial charge in [-0.15, -0.1) is 0 Å². The van der Waals surface area contributed by atoms with Crippen molar-refractivity contribution in [2.75, 3.05) is 25.0 Å². The lowest BCUT2D eigenvalue weighted by Gasteiger charge is -2.21.